The smallest absolute Gasteiger partial charge is 0.348 e. The summed E-state index contributed by atoms with van der Waals surface area (Å²) < 4.78 is 68.2. The van der Waals surface area contributed by atoms with Crippen LogP contribution in [0.25, 0.3) is 0 Å². The molecule has 2 unspecified atom stereocenters. The van der Waals surface area contributed by atoms with E-state index < -0.39 is 30.2 Å². The summed E-state index contributed by atoms with van der Waals surface area (Å²) in [6.45, 7) is 2.93. The summed E-state index contributed by atoms with van der Waals surface area (Å²) in [7, 11) is 3.28. The normalized spacial score (nSPS) is 21.0. The van der Waals surface area contributed by atoms with Crippen molar-refractivity contribution in [1.29, 1.82) is 0 Å². The molecule has 4 heterocycles. The van der Waals surface area contributed by atoms with Gasteiger partial charge in [0.25, 0.3) is 0 Å². The number of anilines is 1. The third kappa shape index (κ3) is 9.34. The van der Waals surface area contributed by atoms with Gasteiger partial charge in [-0.3, -0.25) is 9.59 Å². The van der Waals surface area contributed by atoms with Gasteiger partial charge in [0, 0.05) is 80.0 Å². The summed E-state index contributed by atoms with van der Waals surface area (Å²) in [6.07, 6.45) is 7.21. The minimum Gasteiger partial charge on any atom is -0.348 e. The molecule has 46 heavy (non-hydrogen) atoms. The van der Waals surface area contributed by atoms with Crippen molar-refractivity contribution in [1.82, 2.24) is 19.4 Å². The van der Waals surface area contributed by atoms with Crippen LogP contribution in [0.1, 0.15) is 69.0 Å². The number of hydrogen-bond acceptors (Lipinski definition) is 5. The predicted octanol–water partition coefficient (Wildman–Crippen LogP) is 6.49. The number of allylic oxidation sites excluding steroid dienone is 6. The van der Waals surface area contributed by atoms with E-state index in [-0.39, 0.29) is 35.6 Å². The van der Waals surface area contributed by atoms with Gasteiger partial charge in [0.1, 0.15) is 23.3 Å². The number of fused-ring (bicyclic) bond motifs is 2. The van der Waals surface area contributed by atoms with Crippen molar-refractivity contribution in [3.63, 3.8) is 0 Å². The number of halogens is 5. The molecule has 2 atom stereocenters. The molecule has 5 rings (SSSR count). The Morgan fingerprint density at radius 1 is 1.22 bits per heavy atom. The highest BCUT2D eigenvalue weighted by atomic mass is 19.4. The van der Waals surface area contributed by atoms with E-state index in [2.05, 4.69) is 27.9 Å². The van der Waals surface area contributed by atoms with Gasteiger partial charge in [-0.15, -0.1) is 0 Å². The molecule has 8 nitrogen and oxygen atoms in total. The van der Waals surface area contributed by atoms with Gasteiger partial charge in [0.05, 0.1) is 6.42 Å². The second kappa shape index (κ2) is 16.6. The summed E-state index contributed by atoms with van der Waals surface area (Å²) >= 11 is 0. The number of rotatable bonds is 7. The number of carbonyl (C=O) groups is 2. The lowest BCUT2D eigenvalue weighted by Gasteiger charge is -2.33. The molecule has 3 aliphatic rings. The molecule has 252 valence electrons. The van der Waals surface area contributed by atoms with Crippen LogP contribution >= 0.6 is 0 Å². The molecule has 2 aromatic heterocycles. The Labute approximate surface area is 266 Å². The number of aryl methyl sites for hydroxylation is 1. The summed E-state index contributed by atoms with van der Waals surface area (Å²) in [6, 6.07) is 3.95. The van der Waals surface area contributed by atoms with Crippen molar-refractivity contribution in [3.05, 3.63) is 77.1 Å². The van der Waals surface area contributed by atoms with Gasteiger partial charge in [-0.05, 0) is 51.3 Å². The van der Waals surface area contributed by atoms with E-state index in [1.807, 2.05) is 12.1 Å². The number of imidazole rings is 1. The highest BCUT2D eigenvalue weighted by molar-refractivity contribution is 5.91. The third-order valence-corrected chi connectivity index (χ3v) is 8.66. The number of pyridine rings is 1. The minimum atomic E-state index is -4.35. The van der Waals surface area contributed by atoms with E-state index in [0.29, 0.717) is 43.9 Å². The SMILES string of the molecule is CCC1(CCN(C)C=O)CCC(=O)Nc2ncccc21.CN.FC1=CC=CCC(F)=C1C1CCCc2ncc(CC(F)(F)F)n2C1. The second-order valence-corrected chi connectivity index (χ2v) is 11.5. The average molecular weight is 651 g/mol. The Morgan fingerprint density at radius 2 is 1.98 bits per heavy atom. The fraction of sp³-hybridized carbons (Fsp3) is 0.515. The second-order valence-electron chi connectivity index (χ2n) is 11.5. The maximum absolute atomic E-state index is 14.3. The van der Waals surface area contributed by atoms with E-state index in [9.17, 15) is 31.5 Å². The summed E-state index contributed by atoms with van der Waals surface area (Å²) in [5.74, 6) is -0.456. The first kappa shape index (κ1) is 36.6. The molecular weight excluding hydrogens is 607 g/mol. The average Bonchev–Trinajstić information content (AvgIpc) is 3.16. The van der Waals surface area contributed by atoms with Crippen molar-refractivity contribution >= 4 is 18.1 Å². The van der Waals surface area contributed by atoms with Gasteiger partial charge in [-0.1, -0.05) is 25.1 Å². The molecule has 13 heteroatoms. The fourth-order valence-electron chi connectivity index (χ4n) is 6.21. The molecule has 3 N–H and O–H groups in total. The highest BCUT2D eigenvalue weighted by Crippen LogP contribution is 2.41. The third-order valence-electron chi connectivity index (χ3n) is 8.66. The Hall–Kier alpha value is -3.87. The highest BCUT2D eigenvalue weighted by Gasteiger charge is 2.36. The number of carbonyl (C=O) groups excluding carboxylic acids is 2. The number of nitrogens with one attached hydrogen (secondary N) is 1. The van der Waals surface area contributed by atoms with Crippen LogP contribution in [-0.2, 0) is 34.4 Å². The lowest BCUT2D eigenvalue weighted by atomic mass is 9.72. The van der Waals surface area contributed by atoms with E-state index in [4.69, 9.17) is 0 Å². The topological polar surface area (TPSA) is 106 Å². The zero-order chi connectivity index (χ0) is 33.9. The van der Waals surface area contributed by atoms with E-state index >= 15 is 0 Å². The van der Waals surface area contributed by atoms with Crippen molar-refractivity contribution in [3.8, 4) is 0 Å². The lowest BCUT2D eigenvalue weighted by Crippen LogP contribution is -2.31. The monoisotopic (exact) mass is 650 g/mol. The molecule has 0 bridgehead atoms. The zero-order valence-corrected chi connectivity index (χ0v) is 26.5. The molecule has 0 saturated carbocycles. The summed E-state index contributed by atoms with van der Waals surface area (Å²) in [5.41, 5.74) is 5.52. The van der Waals surface area contributed by atoms with Crippen molar-refractivity contribution in [2.75, 3.05) is 26.0 Å². The van der Waals surface area contributed by atoms with Gasteiger partial charge in [-0.25, -0.2) is 18.7 Å². The number of aromatic nitrogens is 3. The van der Waals surface area contributed by atoms with E-state index in [0.717, 1.165) is 31.2 Å². The van der Waals surface area contributed by atoms with E-state index in [1.54, 1.807) is 18.1 Å². The molecule has 1 aliphatic carbocycles. The molecule has 2 aromatic rings. The number of amides is 2. The molecule has 0 saturated heterocycles. The Bertz CT molecular complexity index is 1430. The quantitative estimate of drug-likeness (QED) is 0.263. The first-order valence-electron chi connectivity index (χ1n) is 15.5. The molecule has 0 spiro atoms. The summed E-state index contributed by atoms with van der Waals surface area (Å²) in [4.78, 5) is 32.6. The molecule has 2 amide bonds. The Kier molecular flexibility index (Phi) is 13.2. The first-order valence-corrected chi connectivity index (χ1v) is 15.5. The molecular formula is C33H43F5N6O2. The Balaban J connectivity index is 0.000000241. The van der Waals surface area contributed by atoms with Gasteiger partial charge in [-0.2, -0.15) is 13.2 Å². The van der Waals surface area contributed by atoms with Gasteiger partial charge < -0.3 is 20.5 Å². The first-order chi connectivity index (χ1) is 22.0. The van der Waals surface area contributed by atoms with Gasteiger partial charge in [0.2, 0.25) is 12.3 Å². The van der Waals surface area contributed by atoms with Crippen LogP contribution in [0, 0.1) is 5.92 Å². The lowest BCUT2D eigenvalue weighted by molar-refractivity contribution is -0.128. The molecule has 0 radical (unpaired) electrons. The van der Waals surface area contributed by atoms with Crippen LogP contribution in [0.15, 0.2) is 60.0 Å². The van der Waals surface area contributed by atoms with Crippen LogP contribution in [0.2, 0.25) is 0 Å². The number of hydrogen-bond donors (Lipinski definition) is 2. The van der Waals surface area contributed by atoms with Crippen molar-refractivity contribution < 1.29 is 31.5 Å². The van der Waals surface area contributed by atoms with Crippen molar-refractivity contribution in [2.24, 2.45) is 11.7 Å². The largest absolute Gasteiger partial charge is 0.394 e. The zero-order valence-electron chi connectivity index (χ0n) is 26.5. The van der Waals surface area contributed by atoms with Crippen LogP contribution in [0.3, 0.4) is 0 Å². The van der Waals surface area contributed by atoms with E-state index in [1.165, 1.54) is 36.0 Å². The van der Waals surface area contributed by atoms with Crippen molar-refractivity contribution in [2.45, 2.75) is 82.8 Å². The maximum atomic E-state index is 14.3. The predicted molar refractivity (Wildman–Crippen MR) is 167 cm³/mol. The Morgan fingerprint density at radius 3 is 2.67 bits per heavy atom. The van der Waals surface area contributed by atoms with Crippen LogP contribution in [-0.4, -0.2) is 58.6 Å². The molecule has 0 aromatic carbocycles. The van der Waals surface area contributed by atoms with Crippen LogP contribution in [0.5, 0.6) is 0 Å². The molecule has 2 aliphatic heterocycles. The standard InChI is InChI=1S/C17H17F5N2.C15H21N3O2.CH5N/c18-13-5-1-2-6-14(19)16(13)11-4-3-7-15-23-9-12(24(15)10-11)8-17(20,21)22;1-3-15(8-10-18(2)11-19)7-6-13(20)17-14-12(15)5-4-9-16-14;1-2/h1-2,5,9,11H,3-4,6-8,10H2;4-5,9,11H,3,6-8,10H2,1-2H3,(H,16,17,20);2H2,1H3. The van der Waals surface area contributed by atoms with Gasteiger partial charge >= 0.3 is 6.18 Å². The number of alkyl halides is 3. The summed E-state index contributed by atoms with van der Waals surface area (Å²) in [5, 5.41) is 2.88. The molecule has 0 fully saturated rings. The van der Waals surface area contributed by atoms with Gasteiger partial charge in [0.15, 0.2) is 0 Å². The van der Waals surface area contributed by atoms with Crippen LogP contribution in [0.4, 0.5) is 27.8 Å². The number of nitrogens with two attached hydrogens (primary N) is 1. The fourth-order valence-corrected chi connectivity index (χ4v) is 6.21. The minimum absolute atomic E-state index is 0.00193. The van der Waals surface area contributed by atoms with Crippen LogP contribution < -0.4 is 11.1 Å². The maximum Gasteiger partial charge on any atom is 0.394 e. The number of nitrogens with zero attached hydrogens (tertiary/aromatic N) is 4.